The van der Waals surface area contributed by atoms with Crippen LogP contribution in [0.4, 0.5) is 0 Å². The molecule has 2 N–H and O–H groups in total. The van der Waals surface area contributed by atoms with E-state index in [9.17, 15) is 4.79 Å². The van der Waals surface area contributed by atoms with Crippen molar-refractivity contribution in [1.82, 2.24) is 9.80 Å². The lowest BCUT2D eigenvalue weighted by Gasteiger charge is -2.20. The number of likely N-dealkylation sites (tertiary alicyclic amines) is 1. The van der Waals surface area contributed by atoms with Crippen molar-refractivity contribution < 1.29 is 4.79 Å². The van der Waals surface area contributed by atoms with E-state index in [2.05, 4.69) is 53.4 Å². The van der Waals surface area contributed by atoms with Gasteiger partial charge in [0.1, 0.15) is 0 Å². The second-order valence-electron chi connectivity index (χ2n) is 7.54. The highest BCUT2D eigenvalue weighted by Crippen LogP contribution is 2.22. The Kier molecular flexibility index (Phi) is 7.02. The first-order valence-corrected chi connectivity index (χ1v) is 10.0. The van der Waals surface area contributed by atoms with Crippen molar-refractivity contribution in [3.05, 3.63) is 59.7 Å². The number of nitrogens with zero attached hydrogens (tertiary/aromatic N) is 2. The van der Waals surface area contributed by atoms with Crippen molar-refractivity contribution in [3.63, 3.8) is 0 Å². The highest BCUT2D eigenvalue weighted by molar-refractivity contribution is 5.77. The molecule has 0 unspecified atom stereocenters. The van der Waals surface area contributed by atoms with Crippen LogP contribution in [0.3, 0.4) is 0 Å². The van der Waals surface area contributed by atoms with E-state index in [0.717, 1.165) is 12.1 Å². The van der Waals surface area contributed by atoms with Gasteiger partial charge in [0.2, 0.25) is 5.91 Å². The lowest BCUT2D eigenvalue weighted by molar-refractivity contribution is -0.128. The molecular formula is C23H31N3O. The molecule has 144 valence electrons. The Balaban J connectivity index is 1.66. The van der Waals surface area contributed by atoms with Gasteiger partial charge in [0.25, 0.3) is 0 Å². The van der Waals surface area contributed by atoms with Crippen LogP contribution in [0.2, 0.25) is 0 Å². The highest BCUT2D eigenvalue weighted by atomic mass is 16.2. The molecule has 1 aliphatic rings. The van der Waals surface area contributed by atoms with Crippen LogP contribution in [0.15, 0.2) is 48.5 Å². The zero-order valence-electron chi connectivity index (χ0n) is 16.4. The molecule has 4 nitrogen and oxygen atoms in total. The van der Waals surface area contributed by atoms with Gasteiger partial charge in [0, 0.05) is 20.1 Å². The summed E-state index contributed by atoms with van der Waals surface area (Å²) in [7, 11) is 1.79. The van der Waals surface area contributed by atoms with Gasteiger partial charge in [-0.05, 0) is 54.3 Å². The molecule has 3 rings (SSSR count). The smallest absolute Gasteiger partial charge is 0.236 e. The van der Waals surface area contributed by atoms with Crippen molar-refractivity contribution >= 4 is 5.91 Å². The molecule has 1 saturated heterocycles. The zero-order chi connectivity index (χ0) is 19.1. The molecule has 1 fully saturated rings. The summed E-state index contributed by atoms with van der Waals surface area (Å²) in [5.74, 6) is -0.0433. The van der Waals surface area contributed by atoms with Gasteiger partial charge in [0.05, 0.1) is 6.54 Å². The Bertz CT molecular complexity index is 734. The van der Waals surface area contributed by atoms with E-state index < -0.39 is 0 Å². The molecule has 1 amide bonds. The number of rotatable bonds is 6. The third-order valence-electron chi connectivity index (χ3n) is 5.34. The van der Waals surface area contributed by atoms with Gasteiger partial charge in [-0.2, -0.15) is 0 Å². The van der Waals surface area contributed by atoms with E-state index >= 15 is 0 Å². The van der Waals surface area contributed by atoms with Crippen molar-refractivity contribution in [3.8, 4) is 11.1 Å². The quantitative estimate of drug-likeness (QED) is 0.850. The van der Waals surface area contributed by atoms with Gasteiger partial charge in [-0.3, -0.25) is 9.69 Å². The van der Waals surface area contributed by atoms with Crippen LogP contribution in [0, 0.1) is 0 Å². The van der Waals surface area contributed by atoms with Gasteiger partial charge in [-0.25, -0.2) is 0 Å². The molecule has 2 aromatic carbocycles. The van der Waals surface area contributed by atoms with Crippen molar-refractivity contribution in [2.45, 2.75) is 38.8 Å². The monoisotopic (exact) mass is 365 g/mol. The lowest BCUT2D eigenvalue weighted by Crippen LogP contribution is -2.32. The van der Waals surface area contributed by atoms with Crippen LogP contribution in [0.1, 0.15) is 36.8 Å². The lowest BCUT2D eigenvalue weighted by atomic mass is 10.0. The second-order valence-corrected chi connectivity index (χ2v) is 7.54. The van der Waals surface area contributed by atoms with E-state index in [1.165, 1.54) is 55.5 Å². The zero-order valence-corrected chi connectivity index (χ0v) is 16.4. The maximum Gasteiger partial charge on any atom is 0.236 e. The molecule has 0 spiro atoms. The number of carbonyl (C=O) groups excluding carboxylic acids is 1. The average Bonchev–Trinajstić information content (AvgIpc) is 2.97. The molecule has 1 heterocycles. The normalized spacial score (nSPS) is 15.3. The van der Waals surface area contributed by atoms with E-state index in [-0.39, 0.29) is 12.5 Å². The molecule has 27 heavy (non-hydrogen) atoms. The number of carbonyl (C=O) groups is 1. The average molecular weight is 366 g/mol. The minimum Gasteiger partial charge on any atom is -0.340 e. The number of hydrogen-bond donors (Lipinski definition) is 1. The molecular weight excluding hydrogens is 334 g/mol. The molecule has 0 bridgehead atoms. The van der Waals surface area contributed by atoms with Crippen LogP contribution in [-0.2, 0) is 17.9 Å². The Labute approximate surface area is 163 Å². The second kappa shape index (κ2) is 9.67. The number of amides is 1. The fraction of sp³-hybridized carbons (Fsp3) is 0.435. The Hall–Kier alpha value is -2.17. The predicted molar refractivity (Wildman–Crippen MR) is 111 cm³/mol. The standard InChI is InChI=1S/C23H31N3O/c1-25(23(27)16-24)17-20-7-6-8-22(15-20)21-11-9-19(10-12-21)18-26-13-4-2-3-5-14-26/h6-12,15H,2-5,13-14,16-18,24H2,1H3. The van der Waals surface area contributed by atoms with Gasteiger partial charge >= 0.3 is 0 Å². The summed E-state index contributed by atoms with van der Waals surface area (Å²) in [5, 5.41) is 0. The molecule has 0 aliphatic carbocycles. The van der Waals surface area contributed by atoms with Crippen LogP contribution in [-0.4, -0.2) is 42.4 Å². The van der Waals surface area contributed by atoms with Crippen LogP contribution in [0.25, 0.3) is 11.1 Å². The summed E-state index contributed by atoms with van der Waals surface area (Å²) in [4.78, 5) is 15.9. The minimum absolute atomic E-state index is 0.0433. The summed E-state index contributed by atoms with van der Waals surface area (Å²) >= 11 is 0. The van der Waals surface area contributed by atoms with Crippen LogP contribution < -0.4 is 5.73 Å². The summed E-state index contributed by atoms with van der Waals surface area (Å²) in [6.45, 7) is 4.12. The first-order valence-electron chi connectivity index (χ1n) is 10.0. The largest absolute Gasteiger partial charge is 0.340 e. The van der Waals surface area contributed by atoms with Gasteiger partial charge in [-0.1, -0.05) is 55.3 Å². The molecule has 2 aromatic rings. The number of likely N-dealkylation sites (N-methyl/N-ethyl adjacent to an activating group) is 1. The molecule has 4 heteroatoms. The molecule has 0 radical (unpaired) electrons. The first kappa shape index (κ1) is 19.6. The Morgan fingerprint density at radius 3 is 2.33 bits per heavy atom. The maximum atomic E-state index is 11.7. The van der Waals surface area contributed by atoms with E-state index in [4.69, 9.17) is 5.73 Å². The number of hydrogen-bond acceptors (Lipinski definition) is 3. The molecule has 0 saturated carbocycles. The summed E-state index contributed by atoms with van der Waals surface area (Å²) in [6, 6.07) is 17.3. The van der Waals surface area contributed by atoms with Gasteiger partial charge < -0.3 is 10.6 Å². The minimum atomic E-state index is -0.0433. The molecule has 0 aromatic heterocycles. The SMILES string of the molecule is CN(Cc1cccc(-c2ccc(CN3CCCCCC3)cc2)c1)C(=O)CN. The fourth-order valence-electron chi connectivity index (χ4n) is 3.72. The molecule has 0 atom stereocenters. The topological polar surface area (TPSA) is 49.6 Å². The molecule has 1 aliphatic heterocycles. The van der Waals surface area contributed by atoms with E-state index in [0.29, 0.717) is 6.54 Å². The third-order valence-corrected chi connectivity index (χ3v) is 5.34. The van der Waals surface area contributed by atoms with Crippen molar-refractivity contribution in [2.75, 3.05) is 26.7 Å². The summed E-state index contributed by atoms with van der Waals surface area (Å²) in [5.41, 5.74) is 10.3. The van der Waals surface area contributed by atoms with Crippen molar-refractivity contribution in [2.24, 2.45) is 5.73 Å². The summed E-state index contributed by atoms with van der Waals surface area (Å²) < 4.78 is 0. The third kappa shape index (κ3) is 5.65. The van der Waals surface area contributed by atoms with E-state index in [1.54, 1.807) is 11.9 Å². The highest BCUT2D eigenvalue weighted by Gasteiger charge is 2.10. The van der Waals surface area contributed by atoms with Crippen LogP contribution >= 0.6 is 0 Å². The summed E-state index contributed by atoms with van der Waals surface area (Å²) in [6.07, 6.45) is 5.40. The fourth-order valence-corrected chi connectivity index (χ4v) is 3.72. The number of nitrogens with two attached hydrogens (primary N) is 1. The Morgan fingerprint density at radius 1 is 0.963 bits per heavy atom. The first-order chi connectivity index (χ1) is 13.2. The van der Waals surface area contributed by atoms with Crippen molar-refractivity contribution in [1.29, 1.82) is 0 Å². The predicted octanol–water partition coefficient (Wildman–Crippen LogP) is 3.65. The number of benzene rings is 2. The van der Waals surface area contributed by atoms with E-state index in [1.807, 2.05) is 0 Å². The van der Waals surface area contributed by atoms with Gasteiger partial charge in [-0.15, -0.1) is 0 Å². The van der Waals surface area contributed by atoms with Gasteiger partial charge in [0.15, 0.2) is 0 Å². The van der Waals surface area contributed by atoms with Crippen LogP contribution in [0.5, 0.6) is 0 Å². The maximum absolute atomic E-state index is 11.7. The Morgan fingerprint density at radius 2 is 1.67 bits per heavy atom.